The number of nitrogens with zero attached hydrogens (tertiary/aromatic N) is 1. The number of methoxy groups -OCH3 is 1. The van der Waals surface area contributed by atoms with Gasteiger partial charge in [0.05, 0.1) is 7.11 Å². The molecule has 78 valence electrons. The third-order valence-corrected chi connectivity index (χ3v) is 2.75. The van der Waals surface area contributed by atoms with E-state index >= 15 is 0 Å². The van der Waals surface area contributed by atoms with Gasteiger partial charge in [0.1, 0.15) is 0 Å². The first-order valence-corrected chi connectivity index (χ1v) is 5.58. The molecule has 2 aromatic heterocycles. The average Bonchev–Trinajstić information content (AvgIpc) is 2.79. The zero-order valence-corrected chi connectivity index (χ0v) is 9.25. The zero-order valence-electron chi connectivity index (χ0n) is 8.43. The van der Waals surface area contributed by atoms with Crippen LogP contribution in [0.25, 0.3) is 0 Å². The van der Waals surface area contributed by atoms with Crippen molar-refractivity contribution in [2.45, 2.75) is 6.54 Å². The summed E-state index contributed by atoms with van der Waals surface area (Å²) in [6.45, 7) is 0.830. The van der Waals surface area contributed by atoms with Gasteiger partial charge in [-0.25, -0.2) is 4.98 Å². The van der Waals surface area contributed by atoms with Crippen molar-refractivity contribution in [2.24, 2.45) is 0 Å². The number of ether oxygens (including phenoxy) is 1. The fourth-order valence-corrected chi connectivity index (χ4v) is 1.90. The number of nitrogens with one attached hydrogen (secondary N) is 1. The van der Waals surface area contributed by atoms with Gasteiger partial charge in [-0.2, -0.15) is 11.3 Å². The van der Waals surface area contributed by atoms with Crippen LogP contribution in [0.2, 0.25) is 0 Å². The minimum absolute atomic E-state index is 0.630. The summed E-state index contributed by atoms with van der Waals surface area (Å²) in [5, 5.41) is 7.51. The molecule has 0 aliphatic rings. The summed E-state index contributed by atoms with van der Waals surface area (Å²) in [4.78, 5) is 4.04. The van der Waals surface area contributed by atoms with Gasteiger partial charge >= 0.3 is 0 Å². The Labute approximate surface area is 92.7 Å². The van der Waals surface area contributed by atoms with E-state index in [-0.39, 0.29) is 0 Å². The Bertz CT molecular complexity index is 414. The van der Waals surface area contributed by atoms with Gasteiger partial charge < -0.3 is 10.1 Å². The van der Waals surface area contributed by atoms with Crippen molar-refractivity contribution in [1.29, 1.82) is 0 Å². The first-order chi connectivity index (χ1) is 7.38. The fourth-order valence-electron chi connectivity index (χ4n) is 1.23. The van der Waals surface area contributed by atoms with Crippen molar-refractivity contribution in [3.63, 3.8) is 0 Å². The summed E-state index contributed by atoms with van der Waals surface area (Å²) >= 11 is 1.71. The standard InChI is InChI=1S/C11H12N2OS/c1-14-11-6-10(2-4-12-11)13-7-9-3-5-15-8-9/h2-6,8H,7H2,1H3,(H,12,13). The van der Waals surface area contributed by atoms with Crippen molar-refractivity contribution >= 4 is 17.0 Å². The van der Waals surface area contributed by atoms with Crippen molar-refractivity contribution in [1.82, 2.24) is 4.98 Å². The molecule has 0 spiro atoms. The molecule has 0 unspecified atom stereocenters. The van der Waals surface area contributed by atoms with E-state index in [9.17, 15) is 0 Å². The Morgan fingerprint density at radius 2 is 2.40 bits per heavy atom. The van der Waals surface area contributed by atoms with Crippen LogP contribution in [0.1, 0.15) is 5.56 Å². The first kappa shape index (κ1) is 9.98. The zero-order chi connectivity index (χ0) is 10.5. The molecule has 0 bridgehead atoms. The number of rotatable bonds is 4. The lowest BCUT2D eigenvalue weighted by Crippen LogP contribution is -1.98. The molecule has 0 fully saturated rings. The second-order valence-corrected chi connectivity index (χ2v) is 3.85. The summed E-state index contributed by atoms with van der Waals surface area (Å²) in [7, 11) is 1.62. The van der Waals surface area contributed by atoms with Crippen LogP contribution in [-0.4, -0.2) is 12.1 Å². The Morgan fingerprint density at radius 3 is 3.13 bits per heavy atom. The van der Waals surface area contributed by atoms with Crippen LogP contribution in [0.15, 0.2) is 35.2 Å². The molecule has 2 rings (SSSR count). The predicted molar refractivity (Wildman–Crippen MR) is 62.4 cm³/mol. The lowest BCUT2D eigenvalue weighted by Gasteiger charge is -2.05. The van der Waals surface area contributed by atoms with Crippen molar-refractivity contribution in [2.75, 3.05) is 12.4 Å². The molecule has 2 heterocycles. The van der Waals surface area contributed by atoms with Gasteiger partial charge in [-0.3, -0.25) is 0 Å². The normalized spacial score (nSPS) is 9.93. The van der Waals surface area contributed by atoms with Gasteiger partial charge in [0.15, 0.2) is 0 Å². The molecule has 0 aliphatic carbocycles. The van der Waals surface area contributed by atoms with E-state index in [4.69, 9.17) is 4.74 Å². The molecule has 4 heteroatoms. The lowest BCUT2D eigenvalue weighted by atomic mass is 10.3. The number of aromatic nitrogens is 1. The van der Waals surface area contributed by atoms with E-state index < -0.39 is 0 Å². The highest BCUT2D eigenvalue weighted by Crippen LogP contribution is 2.15. The van der Waals surface area contributed by atoms with Gasteiger partial charge in [-0.05, 0) is 28.5 Å². The van der Waals surface area contributed by atoms with Gasteiger partial charge in [0.2, 0.25) is 5.88 Å². The van der Waals surface area contributed by atoms with E-state index in [1.165, 1.54) is 5.56 Å². The first-order valence-electron chi connectivity index (χ1n) is 4.63. The summed E-state index contributed by atoms with van der Waals surface area (Å²) in [6, 6.07) is 5.91. The number of thiophene rings is 1. The van der Waals surface area contributed by atoms with Crippen LogP contribution in [-0.2, 0) is 6.54 Å². The summed E-state index contributed by atoms with van der Waals surface area (Å²) in [5.41, 5.74) is 2.31. The van der Waals surface area contributed by atoms with E-state index in [0.717, 1.165) is 12.2 Å². The molecular weight excluding hydrogens is 208 g/mol. The third kappa shape index (κ3) is 2.70. The number of pyridine rings is 1. The number of anilines is 1. The van der Waals surface area contributed by atoms with E-state index in [1.54, 1.807) is 24.6 Å². The molecule has 15 heavy (non-hydrogen) atoms. The smallest absolute Gasteiger partial charge is 0.214 e. The molecular formula is C11H12N2OS. The Hall–Kier alpha value is -1.55. The Morgan fingerprint density at radius 1 is 1.47 bits per heavy atom. The van der Waals surface area contributed by atoms with Gasteiger partial charge in [0, 0.05) is 24.5 Å². The fraction of sp³-hybridized carbons (Fsp3) is 0.182. The monoisotopic (exact) mass is 220 g/mol. The van der Waals surface area contributed by atoms with Crippen molar-refractivity contribution < 1.29 is 4.74 Å². The minimum Gasteiger partial charge on any atom is -0.481 e. The molecule has 0 aliphatic heterocycles. The van der Waals surface area contributed by atoms with Gasteiger partial charge in [0.25, 0.3) is 0 Å². The van der Waals surface area contributed by atoms with Crippen LogP contribution < -0.4 is 10.1 Å². The minimum atomic E-state index is 0.630. The van der Waals surface area contributed by atoms with Crippen LogP contribution in [0.3, 0.4) is 0 Å². The molecule has 1 N–H and O–H groups in total. The quantitative estimate of drug-likeness (QED) is 0.860. The second-order valence-electron chi connectivity index (χ2n) is 3.07. The molecule has 0 amide bonds. The summed E-state index contributed by atoms with van der Waals surface area (Å²) < 4.78 is 5.04. The molecule has 0 atom stereocenters. The van der Waals surface area contributed by atoms with E-state index in [1.807, 2.05) is 12.1 Å². The Balaban J connectivity index is 1.98. The highest BCUT2D eigenvalue weighted by molar-refractivity contribution is 7.07. The lowest BCUT2D eigenvalue weighted by molar-refractivity contribution is 0.398. The van der Waals surface area contributed by atoms with Gasteiger partial charge in [-0.1, -0.05) is 0 Å². The maximum absolute atomic E-state index is 5.04. The van der Waals surface area contributed by atoms with Crippen LogP contribution in [0, 0.1) is 0 Å². The maximum Gasteiger partial charge on any atom is 0.214 e. The SMILES string of the molecule is COc1cc(NCc2ccsc2)ccn1. The number of hydrogen-bond donors (Lipinski definition) is 1. The van der Waals surface area contributed by atoms with Crippen LogP contribution in [0.4, 0.5) is 5.69 Å². The Kier molecular flexibility index (Phi) is 3.19. The van der Waals surface area contributed by atoms with Crippen LogP contribution >= 0.6 is 11.3 Å². The summed E-state index contributed by atoms with van der Waals surface area (Å²) in [6.07, 6.45) is 1.73. The molecule has 0 radical (unpaired) electrons. The summed E-state index contributed by atoms with van der Waals surface area (Å²) in [5.74, 6) is 0.630. The molecule has 0 saturated heterocycles. The highest BCUT2D eigenvalue weighted by Gasteiger charge is 1.97. The predicted octanol–water partition coefficient (Wildman–Crippen LogP) is 2.76. The highest BCUT2D eigenvalue weighted by atomic mass is 32.1. The molecule has 0 aromatic carbocycles. The van der Waals surface area contributed by atoms with E-state index in [0.29, 0.717) is 5.88 Å². The molecule has 0 saturated carbocycles. The molecule has 3 nitrogen and oxygen atoms in total. The number of hydrogen-bond acceptors (Lipinski definition) is 4. The maximum atomic E-state index is 5.04. The van der Waals surface area contributed by atoms with Crippen molar-refractivity contribution in [3.05, 3.63) is 40.7 Å². The second kappa shape index (κ2) is 4.79. The third-order valence-electron chi connectivity index (χ3n) is 2.02. The van der Waals surface area contributed by atoms with Crippen molar-refractivity contribution in [3.8, 4) is 5.88 Å². The van der Waals surface area contributed by atoms with Crippen LogP contribution in [0.5, 0.6) is 5.88 Å². The largest absolute Gasteiger partial charge is 0.481 e. The topological polar surface area (TPSA) is 34.1 Å². The molecule has 2 aromatic rings. The average molecular weight is 220 g/mol. The van der Waals surface area contributed by atoms with E-state index in [2.05, 4.69) is 27.1 Å². The van der Waals surface area contributed by atoms with Gasteiger partial charge in [-0.15, -0.1) is 0 Å².